The smallest absolute Gasteiger partial charge is 0.411 e. The van der Waals surface area contributed by atoms with Gasteiger partial charge in [-0.25, -0.2) is 9.18 Å². The van der Waals surface area contributed by atoms with Crippen LogP contribution in [0.3, 0.4) is 0 Å². The summed E-state index contributed by atoms with van der Waals surface area (Å²) in [5.41, 5.74) is 3.78. The maximum atomic E-state index is 14.9. The molecule has 8 heteroatoms. The lowest BCUT2D eigenvalue weighted by atomic mass is 9.98. The molecule has 180 valence electrons. The Kier molecular flexibility index (Phi) is 7.10. The Hall–Kier alpha value is -4.20. The summed E-state index contributed by atoms with van der Waals surface area (Å²) in [5, 5.41) is 13.9. The van der Waals surface area contributed by atoms with Crippen LogP contribution < -0.4 is 10.6 Å². The molecule has 0 heterocycles. The number of halogens is 1. The van der Waals surface area contributed by atoms with Crippen LogP contribution in [-0.4, -0.2) is 36.2 Å². The molecule has 35 heavy (non-hydrogen) atoms. The number of ether oxygens (including phenoxy) is 1. The second-order valence-electron chi connectivity index (χ2n) is 8.27. The minimum Gasteiger partial charge on any atom is -0.481 e. The molecule has 3 aromatic rings. The molecule has 2 amide bonds. The van der Waals surface area contributed by atoms with Crippen molar-refractivity contribution in [3.63, 3.8) is 0 Å². The first-order valence-electron chi connectivity index (χ1n) is 11.3. The predicted molar refractivity (Wildman–Crippen MR) is 129 cm³/mol. The molecule has 0 bridgehead atoms. The van der Waals surface area contributed by atoms with E-state index in [0.29, 0.717) is 6.42 Å². The topological polar surface area (TPSA) is 105 Å². The molecule has 0 saturated carbocycles. The van der Waals surface area contributed by atoms with Crippen LogP contribution >= 0.6 is 0 Å². The minimum absolute atomic E-state index is 0.0647. The number of aliphatic carboxylic acids is 1. The van der Waals surface area contributed by atoms with Gasteiger partial charge in [-0.1, -0.05) is 61.5 Å². The number of hydrogen-bond acceptors (Lipinski definition) is 4. The van der Waals surface area contributed by atoms with Gasteiger partial charge in [-0.15, -0.1) is 0 Å². The average Bonchev–Trinajstić information content (AvgIpc) is 3.18. The molecule has 4 rings (SSSR count). The Morgan fingerprint density at radius 1 is 0.971 bits per heavy atom. The number of nitrogens with one attached hydrogen (secondary N) is 2. The van der Waals surface area contributed by atoms with Gasteiger partial charge in [0.05, 0.1) is 17.2 Å². The molecule has 0 saturated heterocycles. The molecule has 0 fully saturated rings. The molecule has 0 spiro atoms. The second-order valence-corrected chi connectivity index (χ2v) is 8.27. The number of carboxylic acids is 1. The molecule has 1 atom stereocenters. The van der Waals surface area contributed by atoms with Crippen LogP contribution in [0.4, 0.5) is 14.9 Å². The van der Waals surface area contributed by atoms with Crippen molar-refractivity contribution in [1.29, 1.82) is 0 Å². The van der Waals surface area contributed by atoms with Crippen molar-refractivity contribution >= 4 is 23.7 Å². The number of benzene rings is 3. The average molecular weight is 477 g/mol. The zero-order valence-corrected chi connectivity index (χ0v) is 19.1. The third-order valence-electron chi connectivity index (χ3n) is 6.17. The van der Waals surface area contributed by atoms with Gasteiger partial charge in [0.1, 0.15) is 6.61 Å². The van der Waals surface area contributed by atoms with Crippen molar-refractivity contribution in [2.24, 2.45) is 5.92 Å². The Balaban J connectivity index is 1.41. The summed E-state index contributed by atoms with van der Waals surface area (Å²) in [7, 11) is 0. The van der Waals surface area contributed by atoms with Gasteiger partial charge < -0.3 is 15.2 Å². The van der Waals surface area contributed by atoms with E-state index in [1.54, 1.807) is 6.92 Å². The van der Waals surface area contributed by atoms with Crippen molar-refractivity contribution in [1.82, 2.24) is 5.32 Å². The van der Waals surface area contributed by atoms with Crippen LogP contribution in [0.2, 0.25) is 0 Å². The highest BCUT2D eigenvalue weighted by molar-refractivity contribution is 5.97. The van der Waals surface area contributed by atoms with E-state index in [9.17, 15) is 18.8 Å². The quantitative estimate of drug-likeness (QED) is 0.423. The van der Waals surface area contributed by atoms with Gasteiger partial charge in [0.2, 0.25) is 0 Å². The number of rotatable bonds is 8. The molecular formula is C27H25FN2O5. The number of anilines is 1. The first-order chi connectivity index (χ1) is 16.9. The van der Waals surface area contributed by atoms with Crippen molar-refractivity contribution < 1.29 is 28.6 Å². The minimum atomic E-state index is -1.04. The maximum absolute atomic E-state index is 14.9. The fourth-order valence-electron chi connectivity index (χ4n) is 4.27. The van der Waals surface area contributed by atoms with Crippen molar-refractivity contribution in [3.05, 3.63) is 89.2 Å². The van der Waals surface area contributed by atoms with Gasteiger partial charge in [0.25, 0.3) is 5.91 Å². The highest BCUT2D eigenvalue weighted by Gasteiger charge is 2.29. The SMILES string of the molecule is CCC(CNC(=O)c1cccc(NC(=O)OCC2c3ccccc3-c3ccccc32)c1F)C(=O)O. The van der Waals surface area contributed by atoms with E-state index in [1.807, 2.05) is 48.5 Å². The van der Waals surface area contributed by atoms with E-state index in [2.05, 4.69) is 10.6 Å². The summed E-state index contributed by atoms with van der Waals surface area (Å²) in [6.07, 6.45) is -0.526. The standard InChI is InChI=1S/C27H25FN2O5/c1-2-16(26(32)33)14-29-25(31)21-12-7-13-23(24(21)28)30-27(34)35-15-22-19-10-5-3-8-17(19)18-9-4-6-11-20(18)22/h3-13,16,22H,2,14-15H2,1H3,(H,29,31)(H,30,34)(H,32,33). The van der Waals surface area contributed by atoms with Crippen molar-refractivity contribution in [2.45, 2.75) is 19.3 Å². The summed E-state index contributed by atoms with van der Waals surface area (Å²) in [6, 6.07) is 19.8. The fourth-order valence-corrected chi connectivity index (χ4v) is 4.27. The lowest BCUT2D eigenvalue weighted by molar-refractivity contribution is -0.141. The number of carbonyl (C=O) groups is 3. The van der Waals surface area contributed by atoms with Crippen LogP contribution in [0.5, 0.6) is 0 Å². The molecule has 3 N–H and O–H groups in total. The Morgan fingerprint density at radius 2 is 1.60 bits per heavy atom. The Bertz CT molecular complexity index is 1230. The summed E-state index contributed by atoms with van der Waals surface area (Å²) < 4.78 is 20.4. The van der Waals surface area contributed by atoms with E-state index < -0.39 is 29.7 Å². The van der Waals surface area contributed by atoms with Crippen LogP contribution in [0.25, 0.3) is 11.1 Å². The van der Waals surface area contributed by atoms with E-state index in [4.69, 9.17) is 9.84 Å². The van der Waals surface area contributed by atoms with E-state index >= 15 is 0 Å². The highest BCUT2D eigenvalue weighted by atomic mass is 19.1. The van der Waals surface area contributed by atoms with Crippen LogP contribution in [0, 0.1) is 11.7 Å². The Labute approximate surface area is 201 Å². The second kappa shape index (κ2) is 10.4. The molecule has 7 nitrogen and oxygen atoms in total. The Morgan fingerprint density at radius 3 is 2.20 bits per heavy atom. The number of hydrogen-bond donors (Lipinski definition) is 3. The van der Waals surface area contributed by atoms with Crippen molar-refractivity contribution in [2.75, 3.05) is 18.5 Å². The molecule has 1 unspecified atom stereocenters. The van der Waals surface area contributed by atoms with Gasteiger partial charge in [0.15, 0.2) is 5.82 Å². The van der Waals surface area contributed by atoms with E-state index in [0.717, 1.165) is 22.3 Å². The molecule has 3 aromatic carbocycles. The summed E-state index contributed by atoms with van der Waals surface area (Å²) in [5.74, 6) is -3.65. The zero-order chi connectivity index (χ0) is 24.9. The summed E-state index contributed by atoms with van der Waals surface area (Å²) >= 11 is 0. The third kappa shape index (κ3) is 5.01. The molecule has 1 aliphatic rings. The lowest BCUT2D eigenvalue weighted by Crippen LogP contribution is -2.33. The van der Waals surface area contributed by atoms with Gasteiger partial charge in [0, 0.05) is 12.5 Å². The largest absolute Gasteiger partial charge is 0.481 e. The number of fused-ring (bicyclic) bond motifs is 3. The number of carboxylic acid groups (broad SMARTS) is 1. The van der Waals surface area contributed by atoms with Crippen LogP contribution in [-0.2, 0) is 9.53 Å². The van der Waals surface area contributed by atoms with E-state index in [1.165, 1.54) is 18.2 Å². The third-order valence-corrected chi connectivity index (χ3v) is 6.17. The van der Waals surface area contributed by atoms with Gasteiger partial charge in [-0.05, 0) is 40.8 Å². The number of amides is 2. The van der Waals surface area contributed by atoms with Gasteiger partial charge in [-0.3, -0.25) is 14.9 Å². The summed E-state index contributed by atoms with van der Waals surface area (Å²) in [6.45, 7) is 1.62. The maximum Gasteiger partial charge on any atom is 0.411 e. The molecule has 0 radical (unpaired) electrons. The van der Waals surface area contributed by atoms with Crippen molar-refractivity contribution in [3.8, 4) is 11.1 Å². The molecule has 0 aliphatic heterocycles. The highest BCUT2D eigenvalue weighted by Crippen LogP contribution is 2.44. The zero-order valence-electron chi connectivity index (χ0n) is 19.1. The summed E-state index contributed by atoms with van der Waals surface area (Å²) in [4.78, 5) is 36.0. The van der Waals surface area contributed by atoms with Crippen LogP contribution in [0.1, 0.15) is 40.7 Å². The number of carbonyl (C=O) groups excluding carboxylic acids is 2. The van der Waals surface area contributed by atoms with E-state index in [-0.39, 0.29) is 30.3 Å². The molecule has 1 aliphatic carbocycles. The first-order valence-corrected chi connectivity index (χ1v) is 11.3. The van der Waals surface area contributed by atoms with Gasteiger partial charge >= 0.3 is 12.1 Å². The fraction of sp³-hybridized carbons (Fsp3) is 0.222. The normalized spacial score (nSPS) is 12.9. The van der Waals surface area contributed by atoms with Gasteiger partial charge in [-0.2, -0.15) is 0 Å². The molecule has 0 aromatic heterocycles. The van der Waals surface area contributed by atoms with Crippen LogP contribution in [0.15, 0.2) is 66.7 Å². The first kappa shape index (κ1) is 23.9. The lowest BCUT2D eigenvalue weighted by Gasteiger charge is -2.15. The molecular weight excluding hydrogens is 451 g/mol. The predicted octanol–water partition coefficient (Wildman–Crippen LogP) is 5.03. The monoisotopic (exact) mass is 476 g/mol.